The van der Waals surface area contributed by atoms with Crippen LogP contribution in [0.15, 0.2) is 47.0 Å². The molecule has 0 saturated carbocycles. The standard InChI is InChI=1S/C16H14N2O3/c1-3-7-12(19)18-15(11-8-5-4-6-9-11)14-13(16(18)20)10(2)21-17-14/h3-9,15H,1-2H3/b7-3+/t15-/m0/s1. The Morgan fingerprint density at radius 2 is 2.05 bits per heavy atom. The van der Waals surface area contributed by atoms with Crippen molar-refractivity contribution < 1.29 is 14.1 Å². The maximum absolute atomic E-state index is 12.5. The second-order valence-electron chi connectivity index (χ2n) is 4.83. The van der Waals surface area contributed by atoms with Gasteiger partial charge in [0.25, 0.3) is 11.8 Å². The molecular formula is C16H14N2O3. The van der Waals surface area contributed by atoms with Crippen LogP contribution in [-0.2, 0) is 4.79 Å². The Morgan fingerprint density at radius 3 is 2.71 bits per heavy atom. The predicted octanol–water partition coefficient (Wildman–Crippen LogP) is 2.63. The summed E-state index contributed by atoms with van der Waals surface area (Å²) >= 11 is 0. The minimum Gasteiger partial charge on any atom is -0.360 e. The van der Waals surface area contributed by atoms with Gasteiger partial charge in [-0.15, -0.1) is 0 Å². The van der Waals surface area contributed by atoms with E-state index in [1.54, 1.807) is 19.9 Å². The summed E-state index contributed by atoms with van der Waals surface area (Å²) < 4.78 is 5.12. The van der Waals surface area contributed by atoms with Crippen LogP contribution in [0.2, 0.25) is 0 Å². The highest BCUT2D eigenvalue weighted by molar-refractivity contribution is 6.12. The minimum atomic E-state index is -0.533. The van der Waals surface area contributed by atoms with Crippen LogP contribution in [0.25, 0.3) is 0 Å². The molecule has 5 nitrogen and oxygen atoms in total. The molecule has 0 bridgehead atoms. The third-order valence-corrected chi connectivity index (χ3v) is 3.50. The first-order valence-corrected chi connectivity index (χ1v) is 6.66. The zero-order valence-corrected chi connectivity index (χ0v) is 11.7. The van der Waals surface area contributed by atoms with Crippen LogP contribution in [0.1, 0.15) is 40.3 Å². The van der Waals surface area contributed by atoms with Gasteiger partial charge in [0.1, 0.15) is 23.1 Å². The molecule has 0 N–H and O–H groups in total. The molecule has 0 fully saturated rings. The first-order chi connectivity index (χ1) is 10.1. The highest BCUT2D eigenvalue weighted by atomic mass is 16.5. The molecule has 0 aliphatic carbocycles. The van der Waals surface area contributed by atoms with Crippen LogP contribution in [-0.4, -0.2) is 21.9 Å². The Bertz CT molecular complexity index is 731. The molecule has 1 atom stereocenters. The molecule has 0 radical (unpaired) electrons. The second kappa shape index (κ2) is 5.01. The molecule has 2 aromatic rings. The zero-order valence-electron chi connectivity index (χ0n) is 11.7. The first kappa shape index (κ1) is 13.3. The summed E-state index contributed by atoms with van der Waals surface area (Å²) in [7, 11) is 0. The van der Waals surface area contributed by atoms with E-state index in [9.17, 15) is 9.59 Å². The number of rotatable bonds is 2. The molecule has 2 heterocycles. The van der Waals surface area contributed by atoms with Crippen molar-refractivity contribution >= 4 is 11.8 Å². The van der Waals surface area contributed by atoms with Crippen LogP contribution in [0.3, 0.4) is 0 Å². The number of aromatic nitrogens is 1. The lowest BCUT2D eigenvalue weighted by Gasteiger charge is -2.21. The van der Waals surface area contributed by atoms with Gasteiger partial charge in [-0.2, -0.15) is 0 Å². The van der Waals surface area contributed by atoms with Gasteiger partial charge in [0.2, 0.25) is 0 Å². The molecule has 0 unspecified atom stereocenters. The third kappa shape index (κ3) is 1.98. The van der Waals surface area contributed by atoms with Crippen molar-refractivity contribution in [1.82, 2.24) is 10.1 Å². The molecular weight excluding hydrogens is 268 g/mol. The van der Waals surface area contributed by atoms with E-state index >= 15 is 0 Å². The Labute approximate surface area is 121 Å². The molecule has 21 heavy (non-hydrogen) atoms. The number of aryl methyl sites for hydroxylation is 1. The zero-order chi connectivity index (χ0) is 15.0. The maximum Gasteiger partial charge on any atom is 0.267 e. The average molecular weight is 282 g/mol. The van der Waals surface area contributed by atoms with E-state index in [1.165, 1.54) is 11.0 Å². The number of hydrogen-bond acceptors (Lipinski definition) is 4. The highest BCUT2D eigenvalue weighted by Crippen LogP contribution is 2.39. The van der Waals surface area contributed by atoms with Gasteiger partial charge in [-0.1, -0.05) is 41.6 Å². The van der Waals surface area contributed by atoms with Crippen molar-refractivity contribution in [2.24, 2.45) is 0 Å². The van der Waals surface area contributed by atoms with E-state index in [0.717, 1.165) is 5.56 Å². The largest absolute Gasteiger partial charge is 0.360 e. The van der Waals surface area contributed by atoms with Crippen molar-refractivity contribution in [3.8, 4) is 0 Å². The summed E-state index contributed by atoms with van der Waals surface area (Å²) in [5, 5.41) is 3.98. The number of fused-ring (bicyclic) bond motifs is 1. The lowest BCUT2D eigenvalue weighted by molar-refractivity contribution is -0.124. The van der Waals surface area contributed by atoms with Gasteiger partial charge in [-0.3, -0.25) is 14.5 Å². The fourth-order valence-corrected chi connectivity index (χ4v) is 2.59. The highest BCUT2D eigenvalue weighted by Gasteiger charge is 2.45. The number of nitrogens with zero attached hydrogens (tertiary/aromatic N) is 2. The summed E-state index contributed by atoms with van der Waals surface area (Å²) in [6.45, 7) is 3.41. The average Bonchev–Trinajstić information content (AvgIpc) is 2.99. The second-order valence-corrected chi connectivity index (χ2v) is 4.83. The van der Waals surface area contributed by atoms with Gasteiger partial charge in [0, 0.05) is 0 Å². The van der Waals surface area contributed by atoms with Gasteiger partial charge in [-0.05, 0) is 25.5 Å². The SMILES string of the molecule is C/C=C/C(=O)N1C(=O)c2c(noc2C)[C@@H]1c1ccccc1. The molecule has 1 aliphatic rings. The maximum atomic E-state index is 12.5. The molecule has 1 aromatic heterocycles. The number of amides is 2. The lowest BCUT2D eigenvalue weighted by Crippen LogP contribution is -2.34. The van der Waals surface area contributed by atoms with Gasteiger partial charge in [0.05, 0.1) is 0 Å². The smallest absolute Gasteiger partial charge is 0.267 e. The summed E-state index contributed by atoms with van der Waals surface area (Å²) in [6.07, 6.45) is 3.00. The molecule has 1 aromatic carbocycles. The third-order valence-electron chi connectivity index (χ3n) is 3.50. The quantitative estimate of drug-likeness (QED) is 0.794. The Hall–Kier alpha value is -2.69. The van der Waals surface area contributed by atoms with Crippen LogP contribution >= 0.6 is 0 Å². The predicted molar refractivity (Wildman–Crippen MR) is 75.5 cm³/mol. The number of benzene rings is 1. The van der Waals surface area contributed by atoms with Crippen molar-refractivity contribution in [2.75, 3.05) is 0 Å². The fourth-order valence-electron chi connectivity index (χ4n) is 2.59. The molecule has 5 heteroatoms. The van der Waals surface area contributed by atoms with E-state index in [-0.39, 0.29) is 11.8 Å². The molecule has 3 rings (SSSR count). The topological polar surface area (TPSA) is 63.4 Å². The molecule has 2 amide bonds. The van der Waals surface area contributed by atoms with Crippen molar-refractivity contribution in [3.05, 3.63) is 65.1 Å². The molecule has 1 aliphatic heterocycles. The van der Waals surface area contributed by atoms with Gasteiger partial charge in [0.15, 0.2) is 0 Å². The summed E-state index contributed by atoms with van der Waals surface area (Å²) in [5.41, 5.74) is 1.72. The van der Waals surface area contributed by atoms with Crippen LogP contribution in [0.5, 0.6) is 0 Å². The number of hydrogen-bond donors (Lipinski definition) is 0. The fraction of sp³-hybridized carbons (Fsp3) is 0.188. The van der Waals surface area contributed by atoms with Gasteiger partial charge < -0.3 is 4.52 Å². The van der Waals surface area contributed by atoms with E-state index in [2.05, 4.69) is 5.16 Å². The van der Waals surface area contributed by atoms with E-state index < -0.39 is 6.04 Å². The normalized spacial score (nSPS) is 17.5. The summed E-state index contributed by atoms with van der Waals surface area (Å²) in [4.78, 5) is 26.1. The van der Waals surface area contributed by atoms with E-state index in [4.69, 9.17) is 4.52 Å². The van der Waals surface area contributed by atoms with Crippen molar-refractivity contribution in [1.29, 1.82) is 0 Å². The van der Waals surface area contributed by atoms with Gasteiger partial charge in [-0.25, -0.2) is 0 Å². The Kier molecular flexibility index (Phi) is 3.17. The lowest BCUT2D eigenvalue weighted by atomic mass is 10.0. The van der Waals surface area contributed by atoms with Crippen LogP contribution in [0.4, 0.5) is 0 Å². The number of allylic oxidation sites excluding steroid dienone is 1. The summed E-state index contributed by atoms with van der Waals surface area (Å²) in [6, 6.07) is 8.81. The molecule has 106 valence electrons. The minimum absolute atomic E-state index is 0.353. The molecule has 0 spiro atoms. The van der Waals surface area contributed by atoms with E-state index in [0.29, 0.717) is 17.0 Å². The van der Waals surface area contributed by atoms with Crippen molar-refractivity contribution in [2.45, 2.75) is 19.9 Å². The summed E-state index contributed by atoms with van der Waals surface area (Å²) in [5.74, 6) is -0.277. The van der Waals surface area contributed by atoms with Crippen LogP contribution in [0, 0.1) is 6.92 Å². The Morgan fingerprint density at radius 1 is 1.33 bits per heavy atom. The van der Waals surface area contributed by atoms with Crippen molar-refractivity contribution in [3.63, 3.8) is 0 Å². The molecule has 0 saturated heterocycles. The van der Waals surface area contributed by atoms with Crippen LogP contribution < -0.4 is 0 Å². The number of carbonyl (C=O) groups excluding carboxylic acids is 2. The number of carbonyl (C=O) groups is 2. The van der Waals surface area contributed by atoms with E-state index in [1.807, 2.05) is 30.3 Å². The first-order valence-electron chi connectivity index (χ1n) is 6.66. The Balaban J connectivity index is 2.16. The number of imide groups is 1. The monoisotopic (exact) mass is 282 g/mol. The van der Waals surface area contributed by atoms with Gasteiger partial charge >= 0.3 is 0 Å².